The maximum absolute atomic E-state index is 13.1. The largest absolute Gasteiger partial charge is 0.478 e. The van der Waals surface area contributed by atoms with E-state index in [4.69, 9.17) is 10.2 Å². The summed E-state index contributed by atoms with van der Waals surface area (Å²) in [7, 11) is 0. The first-order chi connectivity index (χ1) is 7.06. The first-order valence-electron chi connectivity index (χ1n) is 3.88. The molecule has 0 aromatic heterocycles. The Balaban J connectivity index is 3.25. The normalized spacial score (nSPS) is 9.27. The minimum atomic E-state index is -1.55. The minimum Gasteiger partial charge on any atom is -0.478 e. The van der Waals surface area contributed by atoms with Gasteiger partial charge in [0.05, 0.1) is 11.1 Å². The van der Waals surface area contributed by atoms with Gasteiger partial charge in [-0.15, -0.1) is 0 Å². The summed E-state index contributed by atoms with van der Waals surface area (Å²) < 4.78 is 26.1. The Labute approximate surface area is 84.0 Å². The van der Waals surface area contributed by atoms with Crippen LogP contribution in [-0.4, -0.2) is 22.8 Å². The summed E-state index contributed by atoms with van der Waals surface area (Å²) in [6.07, 6.45) is 0. The molecule has 0 atom stereocenters. The van der Waals surface area contributed by atoms with Gasteiger partial charge in [0.1, 0.15) is 18.2 Å². The van der Waals surface area contributed by atoms with Crippen molar-refractivity contribution in [2.45, 2.75) is 0 Å². The second kappa shape index (κ2) is 4.53. The van der Waals surface area contributed by atoms with E-state index in [1.807, 2.05) is 0 Å². The molecule has 0 spiro atoms. The molecule has 1 aromatic carbocycles. The van der Waals surface area contributed by atoms with Gasteiger partial charge in [0.15, 0.2) is 0 Å². The Morgan fingerprint density at radius 3 is 2.53 bits per heavy atom. The molecule has 0 saturated heterocycles. The summed E-state index contributed by atoms with van der Waals surface area (Å²) in [6.45, 7) is -0.484. The number of halogens is 2. The molecule has 5 heteroatoms. The Bertz CT molecular complexity index is 458. The number of carboxylic acids is 1. The second-order valence-corrected chi connectivity index (χ2v) is 2.58. The van der Waals surface area contributed by atoms with E-state index in [0.29, 0.717) is 12.1 Å². The van der Waals surface area contributed by atoms with Gasteiger partial charge < -0.3 is 10.2 Å². The molecular weight excluding hydrogens is 206 g/mol. The van der Waals surface area contributed by atoms with Gasteiger partial charge in [-0.1, -0.05) is 11.8 Å². The fourth-order valence-corrected chi connectivity index (χ4v) is 0.941. The molecule has 0 aliphatic rings. The van der Waals surface area contributed by atoms with E-state index in [0.717, 1.165) is 0 Å². The van der Waals surface area contributed by atoms with Crippen LogP contribution in [0, 0.1) is 23.5 Å². The number of carbonyl (C=O) groups is 1. The van der Waals surface area contributed by atoms with Crippen LogP contribution in [0.25, 0.3) is 0 Å². The fraction of sp³-hybridized carbons (Fsp3) is 0.100. The minimum absolute atomic E-state index is 0.286. The summed E-state index contributed by atoms with van der Waals surface area (Å²) in [5.41, 5.74) is -1.03. The lowest BCUT2D eigenvalue weighted by Gasteiger charge is -1.99. The SMILES string of the molecule is O=C(O)c1cc(F)c(C#CCO)cc1F. The fourth-order valence-electron chi connectivity index (χ4n) is 0.941. The van der Waals surface area contributed by atoms with Gasteiger partial charge in [0, 0.05) is 0 Å². The molecule has 0 heterocycles. The van der Waals surface area contributed by atoms with E-state index in [9.17, 15) is 13.6 Å². The number of benzene rings is 1. The maximum Gasteiger partial charge on any atom is 0.338 e. The van der Waals surface area contributed by atoms with Crippen LogP contribution in [0.1, 0.15) is 15.9 Å². The third-order valence-electron chi connectivity index (χ3n) is 1.59. The lowest BCUT2D eigenvalue weighted by atomic mass is 10.1. The van der Waals surface area contributed by atoms with Crippen LogP contribution in [0.15, 0.2) is 12.1 Å². The van der Waals surface area contributed by atoms with Crippen molar-refractivity contribution in [3.05, 3.63) is 34.9 Å². The maximum atomic E-state index is 13.1. The molecule has 0 radical (unpaired) electrons. The van der Waals surface area contributed by atoms with E-state index >= 15 is 0 Å². The number of aliphatic hydroxyl groups is 1. The standard InChI is InChI=1S/C10H6F2O3/c11-8-5-7(10(14)15)9(12)4-6(8)2-1-3-13/h4-5,13H,3H2,(H,14,15). The Hall–Kier alpha value is -1.93. The highest BCUT2D eigenvalue weighted by atomic mass is 19.1. The number of hydrogen-bond donors (Lipinski definition) is 2. The second-order valence-electron chi connectivity index (χ2n) is 2.58. The molecule has 1 aromatic rings. The van der Waals surface area contributed by atoms with Gasteiger partial charge in [-0.2, -0.15) is 0 Å². The number of aromatic carboxylic acids is 1. The molecule has 0 saturated carbocycles. The number of hydrogen-bond acceptors (Lipinski definition) is 2. The number of rotatable bonds is 1. The molecule has 0 bridgehead atoms. The van der Waals surface area contributed by atoms with Crippen molar-refractivity contribution in [1.82, 2.24) is 0 Å². The van der Waals surface area contributed by atoms with Crippen LogP contribution in [0.5, 0.6) is 0 Å². The predicted molar refractivity (Wildman–Crippen MR) is 47.3 cm³/mol. The van der Waals surface area contributed by atoms with E-state index in [1.165, 1.54) is 0 Å². The van der Waals surface area contributed by atoms with E-state index in [2.05, 4.69) is 11.8 Å². The van der Waals surface area contributed by atoms with Gasteiger partial charge in [-0.05, 0) is 12.1 Å². The first kappa shape index (κ1) is 11.1. The third kappa shape index (κ3) is 2.51. The van der Waals surface area contributed by atoms with Crippen molar-refractivity contribution in [2.75, 3.05) is 6.61 Å². The molecule has 3 nitrogen and oxygen atoms in total. The lowest BCUT2D eigenvalue weighted by Crippen LogP contribution is -2.02. The summed E-state index contributed by atoms with van der Waals surface area (Å²) in [5, 5.41) is 16.8. The van der Waals surface area contributed by atoms with Crippen LogP contribution >= 0.6 is 0 Å². The van der Waals surface area contributed by atoms with Crippen LogP contribution in [0.2, 0.25) is 0 Å². The van der Waals surface area contributed by atoms with Crippen molar-refractivity contribution in [3.8, 4) is 11.8 Å². The molecule has 15 heavy (non-hydrogen) atoms. The predicted octanol–water partition coefficient (Wildman–Crippen LogP) is 1.01. The molecular formula is C10H6F2O3. The van der Waals surface area contributed by atoms with E-state index < -0.39 is 29.8 Å². The van der Waals surface area contributed by atoms with Crippen molar-refractivity contribution in [3.63, 3.8) is 0 Å². The van der Waals surface area contributed by atoms with Gasteiger partial charge >= 0.3 is 5.97 Å². The topological polar surface area (TPSA) is 57.5 Å². The number of carboxylic acid groups (broad SMARTS) is 1. The van der Waals surface area contributed by atoms with E-state index in [-0.39, 0.29) is 5.56 Å². The third-order valence-corrected chi connectivity index (χ3v) is 1.59. The van der Waals surface area contributed by atoms with Crippen LogP contribution in [0.3, 0.4) is 0 Å². The Morgan fingerprint density at radius 2 is 2.00 bits per heavy atom. The number of aliphatic hydroxyl groups excluding tert-OH is 1. The molecule has 0 aliphatic heterocycles. The average molecular weight is 212 g/mol. The summed E-state index contributed by atoms with van der Waals surface area (Å²) in [5.74, 6) is 0.747. The lowest BCUT2D eigenvalue weighted by molar-refractivity contribution is 0.0691. The van der Waals surface area contributed by atoms with Crippen LogP contribution in [0.4, 0.5) is 8.78 Å². The Kier molecular flexibility index (Phi) is 3.37. The Morgan fingerprint density at radius 1 is 1.33 bits per heavy atom. The zero-order valence-electron chi connectivity index (χ0n) is 7.42. The molecule has 0 unspecified atom stereocenters. The quantitative estimate of drug-likeness (QED) is 0.683. The zero-order chi connectivity index (χ0) is 11.4. The highest BCUT2D eigenvalue weighted by Crippen LogP contribution is 2.14. The van der Waals surface area contributed by atoms with Crippen molar-refractivity contribution in [1.29, 1.82) is 0 Å². The van der Waals surface area contributed by atoms with Crippen LogP contribution < -0.4 is 0 Å². The van der Waals surface area contributed by atoms with Gasteiger partial charge in [0.2, 0.25) is 0 Å². The highest BCUT2D eigenvalue weighted by Gasteiger charge is 2.13. The monoisotopic (exact) mass is 212 g/mol. The zero-order valence-corrected chi connectivity index (χ0v) is 7.42. The summed E-state index contributed by atoms with van der Waals surface area (Å²) in [6, 6.07) is 1.24. The van der Waals surface area contributed by atoms with Crippen molar-refractivity contribution in [2.24, 2.45) is 0 Å². The van der Waals surface area contributed by atoms with Gasteiger partial charge in [-0.25, -0.2) is 13.6 Å². The smallest absolute Gasteiger partial charge is 0.338 e. The molecule has 0 amide bonds. The highest BCUT2D eigenvalue weighted by molar-refractivity contribution is 5.88. The van der Waals surface area contributed by atoms with Gasteiger partial charge in [0.25, 0.3) is 0 Å². The van der Waals surface area contributed by atoms with Crippen molar-refractivity contribution >= 4 is 5.97 Å². The van der Waals surface area contributed by atoms with Gasteiger partial charge in [-0.3, -0.25) is 0 Å². The van der Waals surface area contributed by atoms with Crippen LogP contribution in [-0.2, 0) is 0 Å². The molecule has 0 fully saturated rings. The molecule has 78 valence electrons. The molecule has 1 rings (SSSR count). The molecule has 2 N–H and O–H groups in total. The van der Waals surface area contributed by atoms with E-state index in [1.54, 1.807) is 0 Å². The van der Waals surface area contributed by atoms with Crippen molar-refractivity contribution < 1.29 is 23.8 Å². The first-order valence-corrected chi connectivity index (χ1v) is 3.88. The summed E-state index contributed by atoms with van der Waals surface area (Å²) in [4.78, 5) is 10.4. The molecule has 0 aliphatic carbocycles. The summed E-state index contributed by atoms with van der Waals surface area (Å²) >= 11 is 0. The average Bonchev–Trinajstić information content (AvgIpc) is 2.18.